The van der Waals surface area contributed by atoms with Crippen molar-refractivity contribution in [3.05, 3.63) is 29.8 Å². The molecule has 1 aromatic carbocycles. The topological polar surface area (TPSA) is 87.2 Å². The Labute approximate surface area is 141 Å². The first-order valence-corrected chi connectivity index (χ1v) is 7.75. The molecule has 0 aromatic heterocycles. The number of amides is 2. The van der Waals surface area contributed by atoms with Gasteiger partial charge in [-0.15, -0.1) is 0 Å². The zero-order valence-electron chi connectivity index (χ0n) is 13.2. The van der Waals surface area contributed by atoms with Crippen LogP contribution in [0.2, 0.25) is 0 Å². The smallest absolute Gasteiger partial charge is 0.334 e. The molecule has 1 aromatic rings. The van der Waals surface area contributed by atoms with Gasteiger partial charge in [0.15, 0.2) is 6.10 Å². The number of morpholine rings is 1. The zero-order chi connectivity index (χ0) is 18.1. The van der Waals surface area contributed by atoms with Crippen molar-refractivity contribution in [1.82, 2.24) is 4.90 Å². The van der Waals surface area contributed by atoms with Crippen molar-refractivity contribution >= 4 is 23.5 Å². The van der Waals surface area contributed by atoms with Crippen molar-refractivity contribution < 1.29 is 33.0 Å². The van der Waals surface area contributed by atoms with E-state index in [-0.39, 0.29) is 44.3 Å². The molecule has 2 atom stereocenters. The predicted octanol–water partition coefficient (Wildman–Crippen LogP) is 0.630. The first-order valence-electron chi connectivity index (χ1n) is 7.75. The number of ether oxygens (including phenoxy) is 1. The molecule has 2 heterocycles. The molecule has 7 nitrogen and oxygen atoms in total. The van der Waals surface area contributed by atoms with E-state index in [9.17, 15) is 23.2 Å². The molecule has 3 rings (SSSR count). The largest absolute Gasteiger partial charge is 0.479 e. The second kappa shape index (κ2) is 6.75. The lowest BCUT2D eigenvalue weighted by Gasteiger charge is -2.32. The fourth-order valence-electron chi connectivity index (χ4n) is 3.07. The minimum atomic E-state index is -1.16. The van der Waals surface area contributed by atoms with E-state index >= 15 is 0 Å². The first-order chi connectivity index (χ1) is 11.8. The molecule has 0 unspecified atom stereocenters. The van der Waals surface area contributed by atoms with Gasteiger partial charge in [0.2, 0.25) is 11.8 Å². The molecular formula is C16H16F2N2O5. The normalized spacial score (nSPS) is 23.8. The van der Waals surface area contributed by atoms with Crippen LogP contribution < -0.4 is 4.90 Å². The third kappa shape index (κ3) is 3.60. The van der Waals surface area contributed by atoms with Gasteiger partial charge in [0, 0.05) is 31.3 Å². The van der Waals surface area contributed by atoms with E-state index in [1.165, 1.54) is 9.80 Å². The number of hydrogen-bond acceptors (Lipinski definition) is 4. The number of anilines is 1. The Balaban J connectivity index is 1.71. The van der Waals surface area contributed by atoms with Gasteiger partial charge in [0.1, 0.15) is 11.6 Å². The van der Waals surface area contributed by atoms with E-state index in [4.69, 9.17) is 9.84 Å². The molecule has 0 spiro atoms. The maximum Gasteiger partial charge on any atom is 0.334 e. The van der Waals surface area contributed by atoms with Crippen LogP contribution in [0.1, 0.15) is 6.42 Å². The van der Waals surface area contributed by atoms with Crippen molar-refractivity contribution in [3.8, 4) is 0 Å². The minimum absolute atomic E-state index is 0.00431. The number of nitrogens with zero attached hydrogens (tertiary/aromatic N) is 2. The van der Waals surface area contributed by atoms with E-state index < -0.39 is 35.5 Å². The molecule has 2 fully saturated rings. The molecule has 2 aliphatic heterocycles. The summed E-state index contributed by atoms with van der Waals surface area (Å²) in [7, 11) is 0. The lowest BCUT2D eigenvalue weighted by molar-refractivity contribution is -0.160. The third-order valence-electron chi connectivity index (χ3n) is 4.29. The average molecular weight is 354 g/mol. The van der Waals surface area contributed by atoms with Gasteiger partial charge >= 0.3 is 5.97 Å². The molecule has 2 aliphatic rings. The highest BCUT2D eigenvalue weighted by Gasteiger charge is 2.39. The molecule has 25 heavy (non-hydrogen) atoms. The van der Waals surface area contributed by atoms with E-state index in [0.29, 0.717) is 6.07 Å². The van der Waals surface area contributed by atoms with Crippen molar-refractivity contribution in [2.75, 3.05) is 31.1 Å². The minimum Gasteiger partial charge on any atom is -0.479 e. The fourth-order valence-corrected chi connectivity index (χ4v) is 3.07. The van der Waals surface area contributed by atoms with E-state index in [1.54, 1.807) is 0 Å². The van der Waals surface area contributed by atoms with Crippen molar-refractivity contribution in [3.63, 3.8) is 0 Å². The number of rotatable bonds is 3. The van der Waals surface area contributed by atoms with Gasteiger partial charge in [-0.1, -0.05) is 0 Å². The van der Waals surface area contributed by atoms with Gasteiger partial charge in [-0.05, 0) is 12.1 Å². The SMILES string of the molecule is O=C(O)[C@@H]1CN(C(=O)[C@@H]2CC(=O)N(c3cc(F)cc(F)c3)C2)CCO1. The zero-order valence-corrected chi connectivity index (χ0v) is 13.2. The summed E-state index contributed by atoms with van der Waals surface area (Å²) in [5.74, 6) is -4.23. The van der Waals surface area contributed by atoms with Crippen LogP contribution in [0, 0.1) is 17.6 Å². The lowest BCUT2D eigenvalue weighted by atomic mass is 10.1. The fraction of sp³-hybridized carbons (Fsp3) is 0.438. The van der Waals surface area contributed by atoms with Gasteiger partial charge < -0.3 is 19.6 Å². The van der Waals surface area contributed by atoms with Gasteiger partial charge in [-0.25, -0.2) is 13.6 Å². The molecular weight excluding hydrogens is 338 g/mol. The molecule has 2 saturated heterocycles. The average Bonchev–Trinajstić information content (AvgIpc) is 2.95. The number of benzene rings is 1. The molecule has 1 N–H and O–H groups in total. The maximum absolute atomic E-state index is 13.4. The van der Waals surface area contributed by atoms with Crippen LogP contribution in [-0.4, -0.2) is 60.1 Å². The number of carboxylic acids is 1. The van der Waals surface area contributed by atoms with E-state index in [0.717, 1.165) is 12.1 Å². The Morgan fingerprint density at radius 3 is 2.48 bits per heavy atom. The summed E-state index contributed by atoms with van der Waals surface area (Å²) in [4.78, 5) is 38.3. The number of carbonyl (C=O) groups excluding carboxylic acids is 2. The number of halogens is 2. The summed E-state index contributed by atoms with van der Waals surface area (Å²) in [6.45, 7) is 0.243. The standard InChI is InChI=1S/C16H16F2N2O5/c17-10-4-11(18)6-12(5-10)20-7-9(3-14(20)21)15(22)19-1-2-25-13(8-19)16(23)24/h4-6,9,13H,1-3,7-8H2,(H,23,24)/t9-,13+/m1/s1. The maximum atomic E-state index is 13.4. The summed E-state index contributed by atoms with van der Waals surface area (Å²) in [6, 6.07) is 2.76. The Kier molecular flexibility index (Phi) is 4.67. The summed E-state index contributed by atoms with van der Waals surface area (Å²) >= 11 is 0. The second-order valence-corrected chi connectivity index (χ2v) is 6.01. The van der Waals surface area contributed by atoms with Crippen molar-refractivity contribution in [2.45, 2.75) is 12.5 Å². The molecule has 0 radical (unpaired) electrons. The Morgan fingerprint density at radius 2 is 1.84 bits per heavy atom. The van der Waals surface area contributed by atoms with E-state index in [2.05, 4.69) is 0 Å². The number of carboxylic acid groups (broad SMARTS) is 1. The Bertz CT molecular complexity index is 706. The summed E-state index contributed by atoms with van der Waals surface area (Å²) in [5, 5.41) is 8.99. The highest BCUT2D eigenvalue weighted by Crippen LogP contribution is 2.28. The highest BCUT2D eigenvalue weighted by atomic mass is 19.1. The van der Waals surface area contributed by atoms with Crippen LogP contribution in [0.4, 0.5) is 14.5 Å². The van der Waals surface area contributed by atoms with Crippen LogP contribution in [-0.2, 0) is 19.1 Å². The number of carbonyl (C=O) groups is 3. The first kappa shape index (κ1) is 17.3. The van der Waals surface area contributed by atoms with Crippen LogP contribution in [0.25, 0.3) is 0 Å². The summed E-state index contributed by atoms with van der Waals surface area (Å²) < 4.78 is 31.8. The summed E-state index contributed by atoms with van der Waals surface area (Å²) in [5.41, 5.74) is 0.0585. The summed E-state index contributed by atoms with van der Waals surface area (Å²) in [6.07, 6.45) is -1.19. The molecule has 0 saturated carbocycles. The quantitative estimate of drug-likeness (QED) is 0.860. The molecule has 0 aliphatic carbocycles. The van der Waals surface area contributed by atoms with Crippen LogP contribution in [0.3, 0.4) is 0 Å². The third-order valence-corrected chi connectivity index (χ3v) is 4.29. The monoisotopic (exact) mass is 354 g/mol. The predicted molar refractivity (Wildman–Crippen MR) is 80.8 cm³/mol. The van der Waals surface area contributed by atoms with Crippen molar-refractivity contribution in [2.24, 2.45) is 5.92 Å². The molecule has 0 bridgehead atoms. The Morgan fingerprint density at radius 1 is 1.16 bits per heavy atom. The number of aliphatic carboxylic acids is 1. The van der Waals surface area contributed by atoms with Gasteiger partial charge in [-0.3, -0.25) is 9.59 Å². The van der Waals surface area contributed by atoms with Crippen LogP contribution in [0.5, 0.6) is 0 Å². The van der Waals surface area contributed by atoms with Crippen molar-refractivity contribution in [1.29, 1.82) is 0 Å². The van der Waals surface area contributed by atoms with Crippen LogP contribution >= 0.6 is 0 Å². The molecule has 9 heteroatoms. The van der Waals surface area contributed by atoms with Gasteiger partial charge in [0.05, 0.1) is 19.1 Å². The molecule has 2 amide bonds. The Hall–Kier alpha value is -2.55. The lowest BCUT2D eigenvalue weighted by Crippen LogP contribution is -2.50. The number of hydrogen-bond donors (Lipinski definition) is 1. The second-order valence-electron chi connectivity index (χ2n) is 6.01. The van der Waals surface area contributed by atoms with Gasteiger partial charge in [-0.2, -0.15) is 0 Å². The highest BCUT2D eigenvalue weighted by molar-refractivity contribution is 6.00. The van der Waals surface area contributed by atoms with E-state index in [1.807, 2.05) is 0 Å². The van der Waals surface area contributed by atoms with Crippen LogP contribution in [0.15, 0.2) is 18.2 Å². The molecule has 134 valence electrons. The van der Waals surface area contributed by atoms with Gasteiger partial charge in [0.25, 0.3) is 0 Å².